The molecular formula is C21H36O2. The molecular weight excluding hydrogens is 284 g/mol. The predicted molar refractivity (Wildman–Crippen MR) is 100 cm³/mol. The Hall–Kier alpha value is -1.31. The summed E-state index contributed by atoms with van der Waals surface area (Å²) in [5.41, 5.74) is 3.36. The van der Waals surface area contributed by atoms with E-state index in [1.807, 2.05) is 0 Å². The minimum atomic E-state index is -0.833. The van der Waals surface area contributed by atoms with Gasteiger partial charge in [-0.05, 0) is 29.4 Å². The normalized spacial score (nSPS) is 10.8. The Morgan fingerprint density at radius 3 is 1.96 bits per heavy atom. The van der Waals surface area contributed by atoms with E-state index in [9.17, 15) is 0 Å². The van der Waals surface area contributed by atoms with Gasteiger partial charge in [0.1, 0.15) is 0 Å². The van der Waals surface area contributed by atoms with E-state index in [2.05, 4.69) is 52.0 Å². The maximum absolute atomic E-state index is 9.00. The smallest absolute Gasteiger partial charge is 0.300 e. The lowest BCUT2D eigenvalue weighted by Crippen LogP contribution is -2.14. The number of benzene rings is 1. The highest BCUT2D eigenvalue weighted by atomic mass is 16.4. The van der Waals surface area contributed by atoms with Crippen LogP contribution < -0.4 is 0 Å². The molecule has 1 rings (SSSR count). The van der Waals surface area contributed by atoms with E-state index in [0.29, 0.717) is 0 Å². The van der Waals surface area contributed by atoms with Crippen molar-refractivity contribution in [1.29, 1.82) is 0 Å². The van der Waals surface area contributed by atoms with Crippen LogP contribution in [0.4, 0.5) is 0 Å². The third-order valence-electron chi connectivity index (χ3n) is 3.88. The molecule has 0 radical (unpaired) electrons. The molecule has 0 atom stereocenters. The summed E-state index contributed by atoms with van der Waals surface area (Å²) in [5.74, 6) is -0.833. The molecule has 0 saturated heterocycles. The molecule has 1 aromatic rings. The first-order valence-electron chi connectivity index (χ1n) is 9.07. The zero-order valence-electron chi connectivity index (χ0n) is 15.8. The molecule has 1 aromatic carbocycles. The Kier molecular flexibility index (Phi) is 11.5. The van der Waals surface area contributed by atoms with E-state index in [-0.39, 0.29) is 5.41 Å². The van der Waals surface area contributed by atoms with Gasteiger partial charge < -0.3 is 5.11 Å². The lowest BCUT2D eigenvalue weighted by Gasteiger charge is -2.22. The fourth-order valence-electron chi connectivity index (χ4n) is 2.74. The fraction of sp³-hybridized carbons (Fsp3) is 0.667. The van der Waals surface area contributed by atoms with Crippen molar-refractivity contribution in [2.45, 2.75) is 91.4 Å². The largest absolute Gasteiger partial charge is 0.481 e. The molecule has 2 nitrogen and oxygen atoms in total. The highest BCUT2D eigenvalue weighted by Gasteiger charge is 2.16. The zero-order valence-corrected chi connectivity index (χ0v) is 15.8. The van der Waals surface area contributed by atoms with E-state index in [0.717, 1.165) is 6.92 Å². The average Bonchev–Trinajstić information content (AvgIpc) is 2.45. The lowest BCUT2D eigenvalue weighted by atomic mass is 9.82. The van der Waals surface area contributed by atoms with Crippen molar-refractivity contribution in [3.8, 4) is 0 Å². The third kappa shape index (κ3) is 11.9. The maximum Gasteiger partial charge on any atom is 0.300 e. The molecule has 0 fully saturated rings. The van der Waals surface area contributed by atoms with Crippen LogP contribution in [0.3, 0.4) is 0 Å². The second-order valence-corrected chi connectivity index (χ2v) is 7.30. The van der Waals surface area contributed by atoms with Crippen LogP contribution in [0.15, 0.2) is 24.3 Å². The third-order valence-corrected chi connectivity index (χ3v) is 3.88. The first-order chi connectivity index (χ1) is 10.8. The number of aryl methyl sites for hydroxylation is 1. The zero-order chi connectivity index (χ0) is 17.7. The summed E-state index contributed by atoms with van der Waals surface area (Å²) in [5, 5.41) is 7.42. The van der Waals surface area contributed by atoms with Crippen molar-refractivity contribution in [2.24, 2.45) is 0 Å². The maximum atomic E-state index is 9.00. The summed E-state index contributed by atoms with van der Waals surface area (Å²) in [7, 11) is 0. The molecule has 23 heavy (non-hydrogen) atoms. The molecule has 0 unspecified atom stereocenters. The second-order valence-electron chi connectivity index (χ2n) is 7.30. The van der Waals surface area contributed by atoms with Crippen molar-refractivity contribution >= 4 is 5.97 Å². The van der Waals surface area contributed by atoms with Crippen molar-refractivity contribution in [3.63, 3.8) is 0 Å². The minimum absolute atomic E-state index is 0.276. The number of aliphatic carboxylic acids is 1. The Labute approximate surface area is 143 Å². The summed E-state index contributed by atoms with van der Waals surface area (Å²) in [6.07, 6.45) is 11.0. The highest BCUT2D eigenvalue weighted by molar-refractivity contribution is 5.62. The molecule has 2 heteroatoms. The number of carbonyl (C=O) groups is 1. The van der Waals surface area contributed by atoms with Crippen molar-refractivity contribution in [3.05, 3.63) is 35.4 Å². The van der Waals surface area contributed by atoms with Crippen LogP contribution in [0.5, 0.6) is 0 Å². The van der Waals surface area contributed by atoms with Gasteiger partial charge in [-0.25, -0.2) is 0 Å². The molecule has 132 valence electrons. The summed E-state index contributed by atoms with van der Waals surface area (Å²) < 4.78 is 0. The van der Waals surface area contributed by atoms with Crippen LogP contribution in [-0.2, 0) is 16.6 Å². The number of hydrogen-bond donors (Lipinski definition) is 1. The molecule has 0 aromatic heterocycles. The molecule has 0 aliphatic rings. The average molecular weight is 321 g/mol. The topological polar surface area (TPSA) is 37.3 Å². The number of rotatable bonds is 8. The molecule has 0 spiro atoms. The van der Waals surface area contributed by atoms with Gasteiger partial charge >= 0.3 is 0 Å². The van der Waals surface area contributed by atoms with Crippen LogP contribution in [0, 0.1) is 0 Å². The Morgan fingerprint density at radius 2 is 1.43 bits per heavy atom. The van der Waals surface area contributed by atoms with E-state index in [1.54, 1.807) is 5.56 Å². The Bertz CT molecular complexity index is 426. The van der Waals surface area contributed by atoms with Gasteiger partial charge in [-0.3, -0.25) is 4.79 Å². The van der Waals surface area contributed by atoms with Crippen LogP contribution >= 0.6 is 0 Å². The molecule has 0 aliphatic heterocycles. The predicted octanol–water partition coefficient (Wildman–Crippen LogP) is 6.37. The molecule has 0 amide bonds. The van der Waals surface area contributed by atoms with Crippen LogP contribution in [0.2, 0.25) is 0 Å². The first kappa shape index (κ1) is 21.7. The summed E-state index contributed by atoms with van der Waals surface area (Å²) >= 11 is 0. The van der Waals surface area contributed by atoms with Gasteiger partial charge in [-0.15, -0.1) is 0 Å². The molecule has 0 bridgehead atoms. The quantitative estimate of drug-likeness (QED) is 0.565. The van der Waals surface area contributed by atoms with Crippen molar-refractivity contribution < 1.29 is 9.90 Å². The number of unbranched alkanes of at least 4 members (excludes halogenated alkanes) is 6. The van der Waals surface area contributed by atoms with Crippen LogP contribution in [0.1, 0.15) is 90.7 Å². The van der Waals surface area contributed by atoms with Crippen LogP contribution in [-0.4, -0.2) is 11.1 Å². The molecule has 0 aliphatic carbocycles. The second kappa shape index (κ2) is 12.2. The SMILES string of the molecule is CC(=O)O.CCCCCCCCCc1ccccc1C(C)(C)C. The monoisotopic (exact) mass is 320 g/mol. The first-order valence-corrected chi connectivity index (χ1v) is 9.07. The molecule has 0 heterocycles. The Morgan fingerprint density at radius 1 is 0.957 bits per heavy atom. The van der Waals surface area contributed by atoms with Gasteiger partial charge in [0.15, 0.2) is 0 Å². The van der Waals surface area contributed by atoms with E-state index >= 15 is 0 Å². The number of carboxylic acid groups (broad SMARTS) is 1. The van der Waals surface area contributed by atoms with Gasteiger partial charge in [-0.1, -0.05) is 90.5 Å². The van der Waals surface area contributed by atoms with E-state index in [1.165, 1.54) is 56.9 Å². The summed E-state index contributed by atoms with van der Waals surface area (Å²) in [4.78, 5) is 9.00. The summed E-state index contributed by atoms with van der Waals surface area (Å²) in [6, 6.07) is 8.98. The lowest BCUT2D eigenvalue weighted by molar-refractivity contribution is -0.134. The van der Waals surface area contributed by atoms with Crippen LogP contribution in [0.25, 0.3) is 0 Å². The molecule has 0 saturated carbocycles. The number of hydrogen-bond acceptors (Lipinski definition) is 1. The van der Waals surface area contributed by atoms with Gasteiger partial charge in [0.05, 0.1) is 0 Å². The standard InChI is InChI=1S/C19H32.C2H4O2/c1-5-6-7-8-9-10-11-14-17-15-12-13-16-18(17)19(2,3)4;1-2(3)4/h12-13,15-16H,5-11,14H2,1-4H3;1H3,(H,3,4). The number of carboxylic acids is 1. The van der Waals surface area contributed by atoms with Crippen molar-refractivity contribution in [2.75, 3.05) is 0 Å². The Balaban J connectivity index is 0.00000108. The van der Waals surface area contributed by atoms with E-state index < -0.39 is 5.97 Å². The summed E-state index contributed by atoms with van der Waals surface area (Å²) in [6.45, 7) is 10.3. The van der Waals surface area contributed by atoms with Gasteiger partial charge in [0.25, 0.3) is 5.97 Å². The van der Waals surface area contributed by atoms with Gasteiger partial charge in [0, 0.05) is 6.92 Å². The highest BCUT2D eigenvalue weighted by Crippen LogP contribution is 2.26. The fourth-order valence-corrected chi connectivity index (χ4v) is 2.74. The van der Waals surface area contributed by atoms with Gasteiger partial charge in [0.2, 0.25) is 0 Å². The van der Waals surface area contributed by atoms with Gasteiger partial charge in [-0.2, -0.15) is 0 Å². The molecule has 1 N–H and O–H groups in total. The minimum Gasteiger partial charge on any atom is -0.481 e. The van der Waals surface area contributed by atoms with E-state index in [4.69, 9.17) is 9.90 Å². The van der Waals surface area contributed by atoms with Crippen molar-refractivity contribution in [1.82, 2.24) is 0 Å².